The molecule has 1 unspecified atom stereocenters. The van der Waals surface area contributed by atoms with Gasteiger partial charge in [0.05, 0.1) is 0 Å². The summed E-state index contributed by atoms with van der Waals surface area (Å²) in [6.45, 7) is 5.72. The van der Waals surface area contributed by atoms with Crippen molar-refractivity contribution in [3.8, 4) is 0 Å². The van der Waals surface area contributed by atoms with Crippen molar-refractivity contribution in [2.24, 2.45) is 5.92 Å². The highest BCUT2D eigenvalue weighted by molar-refractivity contribution is 6.05. The lowest BCUT2D eigenvalue weighted by molar-refractivity contribution is 0.0683. The van der Waals surface area contributed by atoms with Crippen molar-refractivity contribution in [2.75, 3.05) is 18.4 Å². The predicted octanol–water partition coefficient (Wildman–Crippen LogP) is 4.12. The fourth-order valence-corrected chi connectivity index (χ4v) is 3.23. The van der Waals surface area contributed by atoms with Gasteiger partial charge in [0.2, 0.25) is 0 Å². The second kappa shape index (κ2) is 7.51. The SMILES string of the molecule is Cc1ccc(C(=O)N2CCCC(C)C2)cc1NC(=O)c1ccccc1. The molecule has 0 spiro atoms. The van der Waals surface area contributed by atoms with Gasteiger partial charge in [-0.25, -0.2) is 0 Å². The third kappa shape index (κ3) is 4.08. The Hall–Kier alpha value is -2.62. The number of anilines is 1. The highest BCUT2D eigenvalue weighted by Gasteiger charge is 2.22. The molecular formula is C21H24N2O2. The van der Waals surface area contributed by atoms with E-state index in [9.17, 15) is 9.59 Å². The van der Waals surface area contributed by atoms with Gasteiger partial charge < -0.3 is 10.2 Å². The van der Waals surface area contributed by atoms with Crippen molar-refractivity contribution in [1.29, 1.82) is 0 Å². The molecule has 0 aromatic heterocycles. The van der Waals surface area contributed by atoms with Crippen molar-refractivity contribution < 1.29 is 9.59 Å². The average Bonchev–Trinajstić information content (AvgIpc) is 2.63. The van der Waals surface area contributed by atoms with Crippen LogP contribution in [0.1, 0.15) is 46.0 Å². The van der Waals surface area contributed by atoms with Gasteiger partial charge in [-0.1, -0.05) is 31.2 Å². The highest BCUT2D eigenvalue weighted by Crippen LogP contribution is 2.22. The molecular weight excluding hydrogens is 312 g/mol. The third-order valence-corrected chi connectivity index (χ3v) is 4.71. The summed E-state index contributed by atoms with van der Waals surface area (Å²) >= 11 is 0. The van der Waals surface area contributed by atoms with Gasteiger partial charge in [0.25, 0.3) is 11.8 Å². The number of nitrogens with one attached hydrogen (secondary N) is 1. The topological polar surface area (TPSA) is 49.4 Å². The lowest BCUT2D eigenvalue weighted by atomic mass is 9.99. The van der Waals surface area contributed by atoms with Crippen LogP contribution < -0.4 is 5.32 Å². The number of aryl methyl sites for hydroxylation is 1. The molecule has 0 radical (unpaired) electrons. The molecule has 2 amide bonds. The van der Waals surface area contributed by atoms with Crippen molar-refractivity contribution >= 4 is 17.5 Å². The number of amides is 2. The largest absolute Gasteiger partial charge is 0.338 e. The molecule has 1 fully saturated rings. The number of carbonyl (C=O) groups excluding carboxylic acids is 2. The van der Waals surface area contributed by atoms with Crippen LogP contribution >= 0.6 is 0 Å². The van der Waals surface area contributed by atoms with Gasteiger partial charge in [0.15, 0.2) is 0 Å². The van der Waals surface area contributed by atoms with Crippen LogP contribution in [0.2, 0.25) is 0 Å². The van der Waals surface area contributed by atoms with Crippen LogP contribution in [0.4, 0.5) is 5.69 Å². The molecule has 130 valence electrons. The summed E-state index contributed by atoms with van der Waals surface area (Å²) in [7, 11) is 0. The Morgan fingerprint density at radius 3 is 2.56 bits per heavy atom. The Bertz CT molecular complexity index is 771. The molecule has 0 saturated carbocycles. The van der Waals surface area contributed by atoms with Gasteiger partial charge in [-0.3, -0.25) is 9.59 Å². The first-order valence-electron chi connectivity index (χ1n) is 8.81. The maximum Gasteiger partial charge on any atom is 0.255 e. The second-order valence-corrected chi connectivity index (χ2v) is 6.85. The van der Waals surface area contributed by atoms with Crippen molar-refractivity contribution in [3.63, 3.8) is 0 Å². The van der Waals surface area contributed by atoms with Crippen LogP contribution in [0.15, 0.2) is 48.5 Å². The zero-order chi connectivity index (χ0) is 17.8. The number of rotatable bonds is 3. The summed E-state index contributed by atoms with van der Waals surface area (Å²) in [6.07, 6.45) is 2.23. The van der Waals surface area contributed by atoms with E-state index >= 15 is 0 Å². The monoisotopic (exact) mass is 336 g/mol. The first-order valence-corrected chi connectivity index (χ1v) is 8.81. The number of carbonyl (C=O) groups is 2. The third-order valence-electron chi connectivity index (χ3n) is 4.71. The number of nitrogens with zero attached hydrogens (tertiary/aromatic N) is 1. The van der Waals surface area contributed by atoms with Gasteiger partial charge in [-0.2, -0.15) is 0 Å². The molecule has 1 heterocycles. The molecule has 1 atom stereocenters. The van der Waals surface area contributed by atoms with Crippen LogP contribution in [0.3, 0.4) is 0 Å². The summed E-state index contributed by atoms with van der Waals surface area (Å²) < 4.78 is 0. The minimum absolute atomic E-state index is 0.0433. The van der Waals surface area contributed by atoms with Crippen LogP contribution in [0.25, 0.3) is 0 Å². The summed E-state index contributed by atoms with van der Waals surface area (Å²) in [5, 5.41) is 2.92. The summed E-state index contributed by atoms with van der Waals surface area (Å²) in [4.78, 5) is 27.1. The maximum atomic E-state index is 12.8. The van der Waals surface area contributed by atoms with E-state index in [1.54, 1.807) is 18.2 Å². The summed E-state index contributed by atoms with van der Waals surface area (Å²) in [6, 6.07) is 14.6. The Morgan fingerprint density at radius 2 is 1.84 bits per heavy atom. The van der Waals surface area contributed by atoms with E-state index in [4.69, 9.17) is 0 Å². The lowest BCUT2D eigenvalue weighted by Gasteiger charge is -2.31. The Morgan fingerprint density at radius 1 is 1.08 bits per heavy atom. The minimum Gasteiger partial charge on any atom is -0.338 e. The van der Waals surface area contributed by atoms with Crippen LogP contribution in [0.5, 0.6) is 0 Å². The van der Waals surface area contributed by atoms with Crippen LogP contribution in [0, 0.1) is 12.8 Å². The molecule has 25 heavy (non-hydrogen) atoms. The number of likely N-dealkylation sites (tertiary alicyclic amines) is 1. The minimum atomic E-state index is -0.167. The molecule has 2 aromatic carbocycles. The highest BCUT2D eigenvalue weighted by atomic mass is 16.2. The van der Waals surface area contributed by atoms with E-state index in [1.807, 2.05) is 42.2 Å². The molecule has 0 bridgehead atoms. The van der Waals surface area contributed by atoms with Gasteiger partial charge in [-0.15, -0.1) is 0 Å². The van der Waals surface area contributed by atoms with Crippen molar-refractivity contribution in [3.05, 3.63) is 65.2 Å². The lowest BCUT2D eigenvalue weighted by Crippen LogP contribution is -2.39. The maximum absolute atomic E-state index is 12.8. The smallest absolute Gasteiger partial charge is 0.255 e. The molecule has 1 N–H and O–H groups in total. The van der Waals surface area contributed by atoms with Crippen LogP contribution in [-0.4, -0.2) is 29.8 Å². The van der Waals surface area contributed by atoms with E-state index in [2.05, 4.69) is 12.2 Å². The molecule has 2 aromatic rings. The van der Waals surface area contributed by atoms with Gasteiger partial charge in [-0.05, 0) is 55.5 Å². The average molecular weight is 336 g/mol. The molecule has 1 saturated heterocycles. The summed E-state index contributed by atoms with van der Waals surface area (Å²) in [5.41, 5.74) is 2.85. The molecule has 0 aliphatic carbocycles. The number of hydrogen-bond donors (Lipinski definition) is 1. The quantitative estimate of drug-likeness (QED) is 0.916. The predicted molar refractivity (Wildman–Crippen MR) is 99.9 cm³/mol. The first-order chi connectivity index (χ1) is 12.0. The zero-order valence-electron chi connectivity index (χ0n) is 14.8. The Balaban J connectivity index is 1.78. The normalized spacial score (nSPS) is 17.2. The van der Waals surface area contributed by atoms with E-state index in [-0.39, 0.29) is 11.8 Å². The van der Waals surface area contributed by atoms with Crippen molar-refractivity contribution in [2.45, 2.75) is 26.7 Å². The first kappa shape index (κ1) is 17.2. The second-order valence-electron chi connectivity index (χ2n) is 6.85. The van der Waals surface area contributed by atoms with E-state index in [1.165, 1.54) is 6.42 Å². The van der Waals surface area contributed by atoms with Gasteiger partial charge in [0, 0.05) is 29.9 Å². The molecule has 1 aliphatic heterocycles. The Labute approximate surface area is 148 Å². The van der Waals surface area contributed by atoms with E-state index < -0.39 is 0 Å². The standard InChI is InChI=1S/C21H24N2O2/c1-15-7-6-12-23(14-15)21(25)18-11-10-16(2)19(13-18)22-20(24)17-8-4-3-5-9-17/h3-5,8-11,13,15H,6-7,12,14H2,1-2H3,(H,22,24). The van der Waals surface area contributed by atoms with E-state index in [0.29, 0.717) is 22.7 Å². The van der Waals surface area contributed by atoms with Crippen LogP contribution in [-0.2, 0) is 0 Å². The summed E-state index contributed by atoms with van der Waals surface area (Å²) in [5.74, 6) is 0.419. The number of hydrogen-bond acceptors (Lipinski definition) is 2. The van der Waals surface area contributed by atoms with E-state index in [0.717, 1.165) is 25.1 Å². The molecule has 4 nitrogen and oxygen atoms in total. The zero-order valence-corrected chi connectivity index (χ0v) is 14.8. The van der Waals surface area contributed by atoms with Gasteiger partial charge in [0.1, 0.15) is 0 Å². The fourth-order valence-electron chi connectivity index (χ4n) is 3.23. The number of benzene rings is 2. The Kier molecular flexibility index (Phi) is 5.17. The molecule has 3 rings (SSSR count). The number of piperidine rings is 1. The fraction of sp³-hybridized carbons (Fsp3) is 0.333. The van der Waals surface area contributed by atoms with Crippen molar-refractivity contribution in [1.82, 2.24) is 4.90 Å². The molecule has 1 aliphatic rings. The molecule has 4 heteroatoms. The van der Waals surface area contributed by atoms with Gasteiger partial charge >= 0.3 is 0 Å².